The number of aromatic nitrogens is 3. The van der Waals surface area contributed by atoms with Gasteiger partial charge in [0.2, 0.25) is 0 Å². The fraction of sp³-hybridized carbons (Fsp3) is 0.250. The summed E-state index contributed by atoms with van der Waals surface area (Å²) in [7, 11) is 1.60. The lowest BCUT2D eigenvalue weighted by molar-refractivity contribution is 0.0464. The number of esters is 1. The monoisotopic (exact) mass is 351 g/mol. The SMILES string of the molecule is COc1cccc(COC(=O)c2nnn(-c3ccc(C)c(C)c3)c2C)c1. The van der Waals surface area contributed by atoms with Gasteiger partial charge >= 0.3 is 5.97 Å². The first kappa shape index (κ1) is 17.7. The van der Waals surface area contributed by atoms with Gasteiger partial charge in [0, 0.05) is 0 Å². The first-order valence-corrected chi connectivity index (χ1v) is 8.29. The molecule has 1 aromatic heterocycles. The van der Waals surface area contributed by atoms with Crippen molar-refractivity contribution in [3.8, 4) is 11.4 Å². The zero-order valence-electron chi connectivity index (χ0n) is 15.3. The molecule has 3 rings (SSSR count). The molecule has 0 unspecified atom stereocenters. The predicted molar refractivity (Wildman–Crippen MR) is 97.7 cm³/mol. The third-order valence-electron chi connectivity index (χ3n) is 4.33. The summed E-state index contributed by atoms with van der Waals surface area (Å²) in [6, 6.07) is 13.4. The van der Waals surface area contributed by atoms with Gasteiger partial charge in [-0.2, -0.15) is 0 Å². The molecule has 0 radical (unpaired) electrons. The second-order valence-electron chi connectivity index (χ2n) is 6.13. The molecule has 0 amide bonds. The van der Waals surface area contributed by atoms with Gasteiger partial charge in [0.25, 0.3) is 0 Å². The fourth-order valence-electron chi connectivity index (χ4n) is 2.60. The van der Waals surface area contributed by atoms with Gasteiger partial charge in [-0.25, -0.2) is 9.48 Å². The second kappa shape index (κ2) is 7.39. The van der Waals surface area contributed by atoms with Gasteiger partial charge < -0.3 is 9.47 Å². The van der Waals surface area contributed by atoms with E-state index in [0.717, 1.165) is 22.6 Å². The standard InChI is InChI=1S/C20H21N3O3/c1-13-8-9-17(10-14(13)2)23-15(3)19(21-22-23)20(24)26-12-16-6-5-7-18(11-16)25-4/h5-11H,12H2,1-4H3. The number of nitrogens with zero attached hydrogens (tertiary/aromatic N) is 3. The lowest BCUT2D eigenvalue weighted by Gasteiger charge is -2.07. The molecule has 6 nitrogen and oxygen atoms in total. The van der Waals surface area contributed by atoms with E-state index in [1.807, 2.05) is 49.4 Å². The van der Waals surface area contributed by atoms with Crippen molar-refractivity contribution in [2.24, 2.45) is 0 Å². The Balaban J connectivity index is 1.76. The molecule has 0 spiro atoms. The summed E-state index contributed by atoms with van der Waals surface area (Å²) in [5.41, 5.74) is 4.92. The maximum absolute atomic E-state index is 12.4. The van der Waals surface area contributed by atoms with Crippen molar-refractivity contribution in [3.63, 3.8) is 0 Å². The number of carbonyl (C=O) groups is 1. The zero-order valence-corrected chi connectivity index (χ0v) is 15.3. The summed E-state index contributed by atoms with van der Waals surface area (Å²) in [6.45, 7) is 6.03. The van der Waals surface area contributed by atoms with E-state index in [4.69, 9.17) is 9.47 Å². The lowest BCUT2D eigenvalue weighted by atomic mass is 10.1. The molecular formula is C20H21N3O3. The maximum Gasteiger partial charge on any atom is 0.361 e. The van der Waals surface area contributed by atoms with E-state index in [1.54, 1.807) is 18.7 Å². The molecule has 0 aliphatic carbocycles. The van der Waals surface area contributed by atoms with Crippen LogP contribution in [0.5, 0.6) is 5.75 Å². The van der Waals surface area contributed by atoms with Crippen molar-refractivity contribution in [2.45, 2.75) is 27.4 Å². The molecular weight excluding hydrogens is 330 g/mol. The minimum atomic E-state index is -0.500. The highest BCUT2D eigenvalue weighted by Gasteiger charge is 2.19. The van der Waals surface area contributed by atoms with Crippen molar-refractivity contribution >= 4 is 5.97 Å². The van der Waals surface area contributed by atoms with E-state index in [9.17, 15) is 4.79 Å². The van der Waals surface area contributed by atoms with Gasteiger partial charge in [-0.1, -0.05) is 23.4 Å². The van der Waals surface area contributed by atoms with Crippen LogP contribution in [0.15, 0.2) is 42.5 Å². The number of hydrogen-bond donors (Lipinski definition) is 0. The van der Waals surface area contributed by atoms with E-state index in [-0.39, 0.29) is 12.3 Å². The Labute approximate surface area is 152 Å². The molecule has 0 aliphatic heterocycles. The van der Waals surface area contributed by atoms with Crippen LogP contribution in [-0.2, 0) is 11.3 Å². The van der Waals surface area contributed by atoms with Gasteiger partial charge in [-0.15, -0.1) is 5.10 Å². The predicted octanol–water partition coefficient (Wildman–Crippen LogP) is 3.56. The number of aryl methyl sites for hydroxylation is 2. The molecule has 0 fully saturated rings. The first-order chi connectivity index (χ1) is 12.5. The second-order valence-corrected chi connectivity index (χ2v) is 6.13. The zero-order chi connectivity index (χ0) is 18.7. The Morgan fingerprint density at radius 2 is 1.88 bits per heavy atom. The van der Waals surface area contributed by atoms with Crippen LogP contribution in [0.25, 0.3) is 5.69 Å². The highest BCUT2D eigenvalue weighted by atomic mass is 16.5. The van der Waals surface area contributed by atoms with Gasteiger partial charge in [-0.3, -0.25) is 0 Å². The molecule has 6 heteroatoms. The Morgan fingerprint density at radius 3 is 2.62 bits per heavy atom. The topological polar surface area (TPSA) is 66.2 Å². The van der Waals surface area contributed by atoms with E-state index < -0.39 is 5.97 Å². The minimum Gasteiger partial charge on any atom is -0.497 e. The Hall–Kier alpha value is -3.15. The van der Waals surface area contributed by atoms with Crippen LogP contribution in [0.1, 0.15) is 32.9 Å². The van der Waals surface area contributed by atoms with E-state index in [0.29, 0.717) is 5.69 Å². The van der Waals surface area contributed by atoms with Crippen molar-refractivity contribution in [2.75, 3.05) is 7.11 Å². The fourth-order valence-corrected chi connectivity index (χ4v) is 2.60. The van der Waals surface area contributed by atoms with Crippen molar-refractivity contribution in [1.82, 2.24) is 15.0 Å². The summed E-state index contributed by atoms with van der Waals surface area (Å²) in [6.07, 6.45) is 0. The third-order valence-corrected chi connectivity index (χ3v) is 4.33. The Morgan fingerprint density at radius 1 is 1.08 bits per heavy atom. The van der Waals surface area contributed by atoms with Gasteiger partial charge in [0.1, 0.15) is 12.4 Å². The smallest absolute Gasteiger partial charge is 0.361 e. The molecule has 0 aliphatic rings. The summed E-state index contributed by atoms with van der Waals surface area (Å²) >= 11 is 0. The molecule has 1 heterocycles. The quantitative estimate of drug-likeness (QED) is 0.658. The maximum atomic E-state index is 12.4. The van der Waals surface area contributed by atoms with Crippen molar-refractivity contribution in [1.29, 1.82) is 0 Å². The van der Waals surface area contributed by atoms with Crippen LogP contribution in [0.3, 0.4) is 0 Å². The Kier molecular flexibility index (Phi) is 5.02. The highest BCUT2D eigenvalue weighted by Crippen LogP contribution is 2.18. The average Bonchev–Trinajstić information content (AvgIpc) is 3.03. The van der Waals surface area contributed by atoms with E-state index >= 15 is 0 Å². The largest absolute Gasteiger partial charge is 0.497 e. The van der Waals surface area contributed by atoms with Crippen LogP contribution in [0.4, 0.5) is 0 Å². The van der Waals surface area contributed by atoms with Crippen LogP contribution < -0.4 is 4.74 Å². The van der Waals surface area contributed by atoms with Crippen molar-refractivity contribution in [3.05, 3.63) is 70.5 Å². The molecule has 2 aromatic carbocycles. The van der Waals surface area contributed by atoms with Crippen LogP contribution in [-0.4, -0.2) is 28.1 Å². The van der Waals surface area contributed by atoms with Crippen LogP contribution >= 0.6 is 0 Å². The number of hydrogen-bond acceptors (Lipinski definition) is 5. The summed E-state index contributed by atoms with van der Waals surface area (Å²) in [5, 5.41) is 8.11. The van der Waals surface area contributed by atoms with E-state index in [1.165, 1.54) is 5.56 Å². The van der Waals surface area contributed by atoms with Crippen LogP contribution in [0, 0.1) is 20.8 Å². The lowest BCUT2D eigenvalue weighted by Crippen LogP contribution is -2.08. The van der Waals surface area contributed by atoms with Gasteiger partial charge in [0.15, 0.2) is 5.69 Å². The molecule has 3 aromatic rings. The summed E-state index contributed by atoms with van der Waals surface area (Å²) in [5.74, 6) is 0.218. The number of methoxy groups -OCH3 is 1. The number of carbonyl (C=O) groups excluding carboxylic acids is 1. The average molecular weight is 351 g/mol. The highest BCUT2D eigenvalue weighted by molar-refractivity contribution is 5.88. The van der Waals surface area contributed by atoms with Gasteiger partial charge in [-0.05, 0) is 61.7 Å². The van der Waals surface area contributed by atoms with Crippen LogP contribution in [0.2, 0.25) is 0 Å². The normalized spacial score (nSPS) is 10.6. The molecule has 0 saturated heterocycles. The third kappa shape index (κ3) is 3.59. The first-order valence-electron chi connectivity index (χ1n) is 8.29. The number of benzene rings is 2. The molecule has 0 saturated carbocycles. The molecule has 0 N–H and O–H groups in total. The van der Waals surface area contributed by atoms with E-state index in [2.05, 4.69) is 17.2 Å². The number of rotatable bonds is 5. The number of ether oxygens (including phenoxy) is 2. The summed E-state index contributed by atoms with van der Waals surface area (Å²) in [4.78, 5) is 12.4. The minimum absolute atomic E-state index is 0.145. The molecule has 134 valence electrons. The van der Waals surface area contributed by atoms with Gasteiger partial charge in [0.05, 0.1) is 18.5 Å². The molecule has 26 heavy (non-hydrogen) atoms. The molecule has 0 atom stereocenters. The summed E-state index contributed by atoms with van der Waals surface area (Å²) < 4.78 is 12.2. The van der Waals surface area contributed by atoms with Crippen molar-refractivity contribution < 1.29 is 14.3 Å². The Bertz CT molecular complexity index is 947. The molecule has 0 bridgehead atoms.